The Morgan fingerprint density at radius 1 is 0.692 bits per heavy atom. The third-order valence-electron chi connectivity index (χ3n) is 4.57. The predicted molar refractivity (Wildman–Crippen MR) is 102 cm³/mol. The second kappa shape index (κ2) is 8.26. The van der Waals surface area contributed by atoms with Crippen LogP contribution in [0.2, 0.25) is 0 Å². The van der Waals surface area contributed by atoms with Crippen molar-refractivity contribution < 1.29 is 14.7 Å². The molecule has 1 N–H and O–H groups in total. The molecule has 0 saturated carbocycles. The molecule has 0 aliphatic carbocycles. The van der Waals surface area contributed by atoms with Crippen molar-refractivity contribution in [2.75, 3.05) is 0 Å². The minimum absolute atomic E-state index is 0.0301. The van der Waals surface area contributed by atoms with Crippen molar-refractivity contribution in [1.82, 2.24) is 0 Å². The second-order valence-electron chi connectivity index (χ2n) is 6.24. The zero-order valence-electron chi connectivity index (χ0n) is 14.4. The van der Waals surface area contributed by atoms with Gasteiger partial charge in [0.25, 0.3) is 0 Å². The Morgan fingerprint density at radius 3 is 1.85 bits per heavy atom. The first-order valence-corrected chi connectivity index (χ1v) is 8.59. The lowest BCUT2D eigenvalue weighted by Crippen LogP contribution is -2.06. The number of aldehydes is 2. The molecule has 3 aromatic rings. The molecule has 26 heavy (non-hydrogen) atoms. The van der Waals surface area contributed by atoms with Gasteiger partial charge in [-0.05, 0) is 35.6 Å². The summed E-state index contributed by atoms with van der Waals surface area (Å²) in [4.78, 5) is 22.9. The zero-order chi connectivity index (χ0) is 18.4. The monoisotopic (exact) mass is 344 g/mol. The highest BCUT2D eigenvalue weighted by atomic mass is 16.3. The molecule has 3 rings (SSSR count). The van der Waals surface area contributed by atoms with Crippen molar-refractivity contribution in [2.45, 2.75) is 19.3 Å². The maximum Gasteiger partial charge on any atom is 0.153 e. The molecule has 3 aromatic carbocycles. The lowest BCUT2D eigenvalue weighted by molar-refractivity contribution is 0.112. The first kappa shape index (κ1) is 17.6. The van der Waals surface area contributed by atoms with Crippen LogP contribution in [0.15, 0.2) is 66.7 Å². The topological polar surface area (TPSA) is 54.4 Å². The first-order chi connectivity index (χ1) is 12.7. The van der Waals surface area contributed by atoms with Gasteiger partial charge in [-0.1, -0.05) is 60.7 Å². The van der Waals surface area contributed by atoms with Gasteiger partial charge < -0.3 is 5.11 Å². The quantitative estimate of drug-likeness (QED) is 0.647. The Balaban J connectivity index is 2.03. The second-order valence-corrected chi connectivity index (χ2v) is 6.24. The molecule has 3 nitrogen and oxygen atoms in total. The van der Waals surface area contributed by atoms with E-state index in [0.717, 1.165) is 29.4 Å². The highest BCUT2D eigenvalue weighted by molar-refractivity contribution is 5.87. The molecular weight excluding hydrogens is 324 g/mol. The van der Waals surface area contributed by atoms with Gasteiger partial charge >= 0.3 is 0 Å². The van der Waals surface area contributed by atoms with Gasteiger partial charge in [0.1, 0.15) is 12.0 Å². The van der Waals surface area contributed by atoms with Gasteiger partial charge in [-0.3, -0.25) is 9.59 Å². The van der Waals surface area contributed by atoms with E-state index in [1.54, 1.807) is 0 Å². The van der Waals surface area contributed by atoms with Crippen LogP contribution >= 0.6 is 0 Å². The average Bonchev–Trinajstić information content (AvgIpc) is 2.70. The molecule has 0 unspecified atom stereocenters. The molecule has 0 aliphatic rings. The van der Waals surface area contributed by atoms with E-state index >= 15 is 0 Å². The van der Waals surface area contributed by atoms with Crippen molar-refractivity contribution in [1.29, 1.82) is 0 Å². The molecule has 0 aliphatic heterocycles. The summed E-state index contributed by atoms with van der Waals surface area (Å²) < 4.78 is 0. The molecule has 0 amide bonds. The molecule has 0 bridgehead atoms. The van der Waals surface area contributed by atoms with Gasteiger partial charge in [0, 0.05) is 17.5 Å². The van der Waals surface area contributed by atoms with E-state index in [2.05, 4.69) is 0 Å². The molecule has 0 saturated heterocycles. The van der Waals surface area contributed by atoms with Crippen molar-refractivity contribution >= 4 is 12.6 Å². The van der Waals surface area contributed by atoms with Crippen LogP contribution in [0.3, 0.4) is 0 Å². The summed E-state index contributed by atoms with van der Waals surface area (Å²) in [5, 5.41) is 10.6. The molecule has 0 heterocycles. The number of aromatic hydroxyl groups is 1. The molecule has 3 heteroatoms. The fourth-order valence-corrected chi connectivity index (χ4v) is 3.21. The lowest BCUT2D eigenvalue weighted by Gasteiger charge is -2.16. The van der Waals surface area contributed by atoms with Crippen molar-refractivity contribution in [2.24, 2.45) is 0 Å². The number of phenols is 1. The largest absolute Gasteiger partial charge is 0.507 e. The maximum absolute atomic E-state index is 11.6. The standard InChI is InChI=1S/C23H20O3/c24-15-19-14-20(16-25)23(26)22(13-18-9-5-2-6-10-18)21(19)12-11-17-7-3-1-4-8-17/h1-10,14-16,26H,11-13H2. The Bertz CT molecular complexity index is 900. The molecule has 0 fully saturated rings. The summed E-state index contributed by atoms with van der Waals surface area (Å²) in [5.41, 5.74) is 4.25. The number of hydrogen-bond acceptors (Lipinski definition) is 3. The predicted octanol–water partition coefficient (Wildman–Crippen LogP) is 4.39. The van der Waals surface area contributed by atoms with Crippen LogP contribution in [-0.2, 0) is 19.3 Å². The summed E-state index contributed by atoms with van der Waals surface area (Å²) in [7, 11) is 0. The summed E-state index contributed by atoms with van der Waals surface area (Å²) in [6, 6.07) is 21.2. The minimum Gasteiger partial charge on any atom is -0.507 e. The van der Waals surface area contributed by atoms with Gasteiger partial charge in [0.2, 0.25) is 0 Å². The van der Waals surface area contributed by atoms with Gasteiger partial charge in [-0.15, -0.1) is 0 Å². The summed E-state index contributed by atoms with van der Waals surface area (Å²) in [5.74, 6) is -0.0301. The molecule has 0 spiro atoms. The Morgan fingerprint density at radius 2 is 1.27 bits per heavy atom. The fraction of sp³-hybridized carbons (Fsp3) is 0.130. The van der Waals surface area contributed by atoms with E-state index in [0.29, 0.717) is 30.3 Å². The van der Waals surface area contributed by atoms with Crippen LogP contribution in [-0.4, -0.2) is 17.7 Å². The summed E-state index contributed by atoms with van der Waals surface area (Å²) in [6.07, 6.45) is 3.20. The SMILES string of the molecule is O=Cc1cc(C=O)c(CCc2ccccc2)c(Cc2ccccc2)c1O. The molecular formula is C23H20O3. The Kier molecular flexibility index (Phi) is 5.59. The summed E-state index contributed by atoms with van der Waals surface area (Å²) >= 11 is 0. The van der Waals surface area contributed by atoms with Crippen LogP contribution in [0.1, 0.15) is 43.0 Å². The number of carbonyl (C=O) groups is 2. The third-order valence-corrected chi connectivity index (χ3v) is 4.57. The normalized spacial score (nSPS) is 10.5. The molecule has 0 atom stereocenters. The van der Waals surface area contributed by atoms with Crippen LogP contribution in [0.4, 0.5) is 0 Å². The number of carbonyl (C=O) groups excluding carboxylic acids is 2. The van der Waals surface area contributed by atoms with Gasteiger partial charge in [0.05, 0.1) is 5.56 Å². The van der Waals surface area contributed by atoms with Gasteiger partial charge in [0.15, 0.2) is 6.29 Å². The van der Waals surface area contributed by atoms with Crippen LogP contribution in [0.5, 0.6) is 5.75 Å². The van der Waals surface area contributed by atoms with Gasteiger partial charge in [-0.25, -0.2) is 0 Å². The number of benzene rings is 3. The lowest BCUT2D eigenvalue weighted by atomic mass is 9.89. The van der Waals surface area contributed by atoms with E-state index in [1.165, 1.54) is 6.07 Å². The van der Waals surface area contributed by atoms with Crippen molar-refractivity contribution in [3.05, 3.63) is 100 Å². The number of phenolic OH excluding ortho intramolecular Hbond substituents is 1. The maximum atomic E-state index is 11.6. The highest BCUT2D eigenvalue weighted by Crippen LogP contribution is 2.31. The molecule has 0 aromatic heterocycles. The highest BCUT2D eigenvalue weighted by Gasteiger charge is 2.17. The van der Waals surface area contributed by atoms with E-state index in [1.807, 2.05) is 60.7 Å². The number of hydrogen-bond donors (Lipinski definition) is 1. The zero-order valence-corrected chi connectivity index (χ0v) is 14.4. The van der Waals surface area contributed by atoms with E-state index in [9.17, 15) is 14.7 Å². The Labute approximate surface area is 152 Å². The average molecular weight is 344 g/mol. The third kappa shape index (κ3) is 3.89. The molecule has 0 radical (unpaired) electrons. The van der Waals surface area contributed by atoms with Crippen LogP contribution < -0.4 is 0 Å². The van der Waals surface area contributed by atoms with E-state index in [-0.39, 0.29) is 11.3 Å². The van der Waals surface area contributed by atoms with Crippen molar-refractivity contribution in [3.63, 3.8) is 0 Å². The van der Waals surface area contributed by atoms with Gasteiger partial charge in [-0.2, -0.15) is 0 Å². The van der Waals surface area contributed by atoms with Crippen molar-refractivity contribution in [3.8, 4) is 5.75 Å². The Hall–Kier alpha value is -3.20. The van der Waals surface area contributed by atoms with Crippen LogP contribution in [0.25, 0.3) is 0 Å². The fourth-order valence-electron chi connectivity index (χ4n) is 3.21. The summed E-state index contributed by atoms with van der Waals surface area (Å²) in [6.45, 7) is 0. The van der Waals surface area contributed by atoms with E-state index < -0.39 is 0 Å². The number of aryl methyl sites for hydroxylation is 1. The smallest absolute Gasteiger partial charge is 0.153 e. The van der Waals surface area contributed by atoms with E-state index in [4.69, 9.17) is 0 Å². The first-order valence-electron chi connectivity index (χ1n) is 8.59. The molecule has 130 valence electrons. The van der Waals surface area contributed by atoms with Crippen LogP contribution in [0, 0.1) is 0 Å². The number of rotatable bonds is 7. The minimum atomic E-state index is -0.0301.